The molecule has 0 saturated carbocycles. The van der Waals surface area contributed by atoms with Gasteiger partial charge in [-0.05, 0) is 31.6 Å². The SMILES string of the molecule is CCCCC(CC)NCC1CCOC1CC. The van der Waals surface area contributed by atoms with E-state index in [-0.39, 0.29) is 0 Å². The van der Waals surface area contributed by atoms with E-state index >= 15 is 0 Å². The number of hydrogen-bond acceptors (Lipinski definition) is 2. The van der Waals surface area contributed by atoms with E-state index in [2.05, 4.69) is 26.1 Å². The van der Waals surface area contributed by atoms with E-state index < -0.39 is 0 Å². The molecule has 3 unspecified atom stereocenters. The highest BCUT2D eigenvalue weighted by atomic mass is 16.5. The van der Waals surface area contributed by atoms with Crippen LogP contribution in [0.25, 0.3) is 0 Å². The van der Waals surface area contributed by atoms with Crippen molar-refractivity contribution in [2.45, 2.75) is 71.4 Å². The fourth-order valence-corrected chi connectivity index (χ4v) is 2.60. The molecule has 96 valence electrons. The minimum Gasteiger partial charge on any atom is -0.378 e. The summed E-state index contributed by atoms with van der Waals surface area (Å²) < 4.78 is 5.72. The second kappa shape index (κ2) is 8.08. The summed E-state index contributed by atoms with van der Waals surface area (Å²) in [5, 5.41) is 3.73. The topological polar surface area (TPSA) is 21.3 Å². The molecule has 16 heavy (non-hydrogen) atoms. The van der Waals surface area contributed by atoms with Gasteiger partial charge in [0.05, 0.1) is 6.10 Å². The van der Waals surface area contributed by atoms with E-state index in [1.807, 2.05) is 0 Å². The third-order valence-corrected chi connectivity index (χ3v) is 3.82. The highest BCUT2D eigenvalue weighted by Crippen LogP contribution is 2.22. The summed E-state index contributed by atoms with van der Waals surface area (Å²) in [4.78, 5) is 0. The van der Waals surface area contributed by atoms with Gasteiger partial charge < -0.3 is 10.1 Å². The lowest BCUT2D eigenvalue weighted by Gasteiger charge is -2.22. The molecule has 0 amide bonds. The molecule has 1 rings (SSSR count). The first-order valence-electron chi connectivity index (χ1n) is 7.16. The summed E-state index contributed by atoms with van der Waals surface area (Å²) >= 11 is 0. The van der Waals surface area contributed by atoms with Crippen molar-refractivity contribution < 1.29 is 4.74 Å². The largest absolute Gasteiger partial charge is 0.378 e. The molecule has 1 aliphatic heterocycles. The second-order valence-corrected chi connectivity index (χ2v) is 5.02. The zero-order chi connectivity index (χ0) is 11.8. The summed E-state index contributed by atoms with van der Waals surface area (Å²) in [6.45, 7) is 8.91. The van der Waals surface area contributed by atoms with Crippen LogP contribution in [0.1, 0.15) is 59.3 Å². The molecule has 0 aromatic heterocycles. The van der Waals surface area contributed by atoms with Crippen LogP contribution in [0.15, 0.2) is 0 Å². The molecule has 3 atom stereocenters. The highest BCUT2D eigenvalue weighted by molar-refractivity contribution is 4.78. The molecular weight excluding hydrogens is 198 g/mol. The first-order valence-corrected chi connectivity index (χ1v) is 7.16. The maximum Gasteiger partial charge on any atom is 0.0613 e. The first-order chi connectivity index (χ1) is 7.81. The molecule has 2 heteroatoms. The van der Waals surface area contributed by atoms with Gasteiger partial charge in [-0.25, -0.2) is 0 Å². The Bertz CT molecular complexity index is 172. The number of rotatable bonds is 8. The third-order valence-electron chi connectivity index (χ3n) is 3.82. The Labute approximate surface area is 101 Å². The molecule has 0 bridgehead atoms. The van der Waals surface area contributed by atoms with Gasteiger partial charge in [-0.3, -0.25) is 0 Å². The Balaban J connectivity index is 2.20. The van der Waals surface area contributed by atoms with Gasteiger partial charge in [0.15, 0.2) is 0 Å². The predicted molar refractivity (Wildman–Crippen MR) is 69.7 cm³/mol. The van der Waals surface area contributed by atoms with Gasteiger partial charge in [0, 0.05) is 19.2 Å². The molecular formula is C14H29NO. The standard InChI is InChI=1S/C14H29NO/c1-4-7-8-13(5-2)15-11-12-9-10-16-14(12)6-3/h12-15H,4-11H2,1-3H3. The van der Waals surface area contributed by atoms with Gasteiger partial charge in [-0.1, -0.05) is 33.6 Å². The van der Waals surface area contributed by atoms with E-state index in [0.29, 0.717) is 6.10 Å². The van der Waals surface area contributed by atoms with Crippen LogP contribution in [0.2, 0.25) is 0 Å². The highest BCUT2D eigenvalue weighted by Gasteiger charge is 2.26. The van der Waals surface area contributed by atoms with Crippen LogP contribution < -0.4 is 5.32 Å². The van der Waals surface area contributed by atoms with Crippen molar-refractivity contribution in [2.24, 2.45) is 5.92 Å². The fraction of sp³-hybridized carbons (Fsp3) is 1.00. The number of unbranched alkanes of at least 4 members (excludes halogenated alkanes) is 1. The Hall–Kier alpha value is -0.0800. The van der Waals surface area contributed by atoms with Crippen LogP contribution in [0.5, 0.6) is 0 Å². The van der Waals surface area contributed by atoms with Gasteiger partial charge in [0.1, 0.15) is 0 Å². The number of ether oxygens (including phenoxy) is 1. The monoisotopic (exact) mass is 227 g/mol. The molecule has 0 aliphatic carbocycles. The quantitative estimate of drug-likeness (QED) is 0.686. The first kappa shape index (κ1) is 14.0. The van der Waals surface area contributed by atoms with Crippen LogP contribution >= 0.6 is 0 Å². The lowest BCUT2D eigenvalue weighted by atomic mass is 9.98. The summed E-state index contributed by atoms with van der Waals surface area (Å²) in [5.41, 5.74) is 0. The van der Waals surface area contributed by atoms with Crippen molar-refractivity contribution in [2.75, 3.05) is 13.2 Å². The molecule has 0 radical (unpaired) electrons. The van der Waals surface area contributed by atoms with Crippen LogP contribution in [0, 0.1) is 5.92 Å². The summed E-state index contributed by atoms with van der Waals surface area (Å²) in [5.74, 6) is 0.751. The Morgan fingerprint density at radius 1 is 1.31 bits per heavy atom. The van der Waals surface area contributed by atoms with Gasteiger partial charge in [0.25, 0.3) is 0 Å². The van der Waals surface area contributed by atoms with E-state index in [0.717, 1.165) is 31.5 Å². The summed E-state index contributed by atoms with van der Waals surface area (Å²) in [7, 11) is 0. The molecule has 0 spiro atoms. The molecule has 1 saturated heterocycles. The lowest BCUT2D eigenvalue weighted by Crippen LogP contribution is -2.35. The van der Waals surface area contributed by atoms with Crippen LogP contribution in [0.3, 0.4) is 0 Å². The van der Waals surface area contributed by atoms with Gasteiger partial charge in [-0.15, -0.1) is 0 Å². The molecule has 1 aliphatic rings. The maximum absolute atomic E-state index is 5.72. The van der Waals surface area contributed by atoms with E-state index in [9.17, 15) is 0 Å². The van der Waals surface area contributed by atoms with Crippen molar-refractivity contribution in [1.29, 1.82) is 0 Å². The molecule has 0 aromatic carbocycles. The van der Waals surface area contributed by atoms with E-state index in [4.69, 9.17) is 4.74 Å². The maximum atomic E-state index is 5.72. The van der Waals surface area contributed by atoms with Crippen LogP contribution in [-0.4, -0.2) is 25.3 Å². The molecule has 1 N–H and O–H groups in total. The molecule has 1 fully saturated rings. The Morgan fingerprint density at radius 2 is 2.12 bits per heavy atom. The predicted octanol–water partition coefficient (Wildman–Crippen LogP) is 3.36. The molecule has 0 aromatic rings. The van der Waals surface area contributed by atoms with Crippen molar-refractivity contribution in [1.82, 2.24) is 5.32 Å². The smallest absolute Gasteiger partial charge is 0.0613 e. The van der Waals surface area contributed by atoms with Crippen molar-refractivity contribution in [3.05, 3.63) is 0 Å². The number of nitrogens with one attached hydrogen (secondary N) is 1. The second-order valence-electron chi connectivity index (χ2n) is 5.02. The van der Waals surface area contributed by atoms with Crippen molar-refractivity contribution in [3.63, 3.8) is 0 Å². The lowest BCUT2D eigenvalue weighted by molar-refractivity contribution is 0.0864. The summed E-state index contributed by atoms with van der Waals surface area (Å²) in [6, 6.07) is 0.720. The zero-order valence-corrected chi connectivity index (χ0v) is 11.3. The average Bonchev–Trinajstić information content (AvgIpc) is 2.77. The Morgan fingerprint density at radius 3 is 2.75 bits per heavy atom. The third kappa shape index (κ3) is 4.42. The molecule has 1 heterocycles. The van der Waals surface area contributed by atoms with E-state index in [1.54, 1.807) is 0 Å². The van der Waals surface area contributed by atoms with Gasteiger partial charge in [0.2, 0.25) is 0 Å². The minimum atomic E-state index is 0.510. The van der Waals surface area contributed by atoms with Crippen molar-refractivity contribution >= 4 is 0 Å². The van der Waals surface area contributed by atoms with Crippen LogP contribution in [0.4, 0.5) is 0 Å². The minimum absolute atomic E-state index is 0.510. The van der Waals surface area contributed by atoms with Gasteiger partial charge in [-0.2, -0.15) is 0 Å². The fourth-order valence-electron chi connectivity index (χ4n) is 2.60. The number of hydrogen-bond donors (Lipinski definition) is 1. The van der Waals surface area contributed by atoms with E-state index in [1.165, 1.54) is 32.1 Å². The van der Waals surface area contributed by atoms with Gasteiger partial charge >= 0.3 is 0 Å². The van der Waals surface area contributed by atoms with Crippen LogP contribution in [-0.2, 0) is 4.74 Å². The Kier molecular flexibility index (Phi) is 7.06. The average molecular weight is 227 g/mol. The van der Waals surface area contributed by atoms with Crippen molar-refractivity contribution in [3.8, 4) is 0 Å². The molecule has 2 nitrogen and oxygen atoms in total. The summed E-state index contributed by atoms with van der Waals surface area (Å²) in [6.07, 6.45) is 8.16. The normalized spacial score (nSPS) is 27.2. The zero-order valence-electron chi connectivity index (χ0n) is 11.3.